The average Bonchev–Trinajstić information content (AvgIpc) is 2.90. The summed E-state index contributed by atoms with van der Waals surface area (Å²) in [7, 11) is 3.68. The summed E-state index contributed by atoms with van der Waals surface area (Å²) < 4.78 is 10.6. The van der Waals surface area contributed by atoms with Crippen molar-refractivity contribution in [1.82, 2.24) is 10.1 Å². The van der Waals surface area contributed by atoms with Gasteiger partial charge < -0.3 is 14.2 Å². The Hall–Kier alpha value is -1.59. The molecule has 6 nitrogen and oxygen atoms in total. The van der Waals surface area contributed by atoms with E-state index in [4.69, 9.17) is 9.26 Å². The summed E-state index contributed by atoms with van der Waals surface area (Å²) in [6, 6.07) is 0. The fourth-order valence-corrected chi connectivity index (χ4v) is 2.52. The molecule has 1 aliphatic carbocycles. The van der Waals surface area contributed by atoms with Crippen molar-refractivity contribution in [1.29, 1.82) is 0 Å². The van der Waals surface area contributed by atoms with Crippen LogP contribution in [0.2, 0.25) is 0 Å². The largest absolute Gasteiger partial charge is 0.465 e. The standard InChI is InChI=1S/C13H21N3O3/c1-4-18-11(17)13(8-6-5-7-9-13)10-14-12(15-19-10)16(2)3/h4-9H2,1-3H3. The van der Waals surface area contributed by atoms with Gasteiger partial charge >= 0.3 is 5.97 Å². The molecule has 1 aromatic heterocycles. The first-order chi connectivity index (χ1) is 9.10. The second-order valence-corrected chi connectivity index (χ2v) is 5.16. The van der Waals surface area contributed by atoms with Gasteiger partial charge in [-0.2, -0.15) is 4.98 Å². The lowest BCUT2D eigenvalue weighted by Crippen LogP contribution is -2.39. The maximum Gasteiger partial charge on any atom is 0.321 e. The zero-order valence-electron chi connectivity index (χ0n) is 11.8. The van der Waals surface area contributed by atoms with E-state index in [2.05, 4.69) is 10.1 Å². The SMILES string of the molecule is CCOC(=O)C1(c2nc(N(C)C)no2)CCCCC1. The van der Waals surface area contributed by atoms with Crippen molar-refractivity contribution in [2.75, 3.05) is 25.6 Å². The number of rotatable bonds is 4. The third kappa shape index (κ3) is 2.57. The van der Waals surface area contributed by atoms with Gasteiger partial charge in [0.25, 0.3) is 5.95 Å². The maximum atomic E-state index is 12.3. The highest BCUT2D eigenvalue weighted by Crippen LogP contribution is 2.40. The molecule has 0 bridgehead atoms. The summed E-state index contributed by atoms with van der Waals surface area (Å²) in [5, 5.41) is 3.91. The van der Waals surface area contributed by atoms with E-state index in [0.717, 1.165) is 32.1 Å². The molecule has 106 valence electrons. The van der Waals surface area contributed by atoms with Crippen LogP contribution in [0.1, 0.15) is 44.9 Å². The molecular weight excluding hydrogens is 246 g/mol. The number of anilines is 1. The summed E-state index contributed by atoms with van der Waals surface area (Å²) in [6.45, 7) is 2.18. The van der Waals surface area contributed by atoms with Crippen molar-refractivity contribution in [2.24, 2.45) is 0 Å². The van der Waals surface area contributed by atoms with Gasteiger partial charge in [-0.05, 0) is 24.9 Å². The van der Waals surface area contributed by atoms with Gasteiger partial charge in [0.2, 0.25) is 5.89 Å². The summed E-state index contributed by atoms with van der Waals surface area (Å²) in [5.74, 6) is 0.655. The minimum absolute atomic E-state index is 0.233. The quantitative estimate of drug-likeness (QED) is 0.776. The number of ether oxygens (including phenoxy) is 1. The van der Waals surface area contributed by atoms with E-state index in [9.17, 15) is 4.79 Å². The monoisotopic (exact) mass is 267 g/mol. The van der Waals surface area contributed by atoms with Gasteiger partial charge in [0.15, 0.2) is 0 Å². The van der Waals surface area contributed by atoms with E-state index < -0.39 is 5.41 Å². The lowest BCUT2D eigenvalue weighted by molar-refractivity contribution is -0.152. The van der Waals surface area contributed by atoms with Gasteiger partial charge in [-0.25, -0.2) is 0 Å². The molecular formula is C13H21N3O3. The minimum atomic E-state index is -0.741. The molecule has 0 radical (unpaired) electrons. The van der Waals surface area contributed by atoms with Crippen molar-refractivity contribution in [3.8, 4) is 0 Å². The highest BCUT2D eigenvalue weighted by atomic mass is 16.5. The Morgan fingerprint density at radius 2 is 2.05 bits per heavy atom. The van der Waals surface area contributed by atoms with Crippen LogP contribution in [-0.2, 0) is 14.9 Å². The number of hydrogen-bond donors (Lipinski definition) is 0. The molecule has 0 aliphatic heterocycles. The summed E-state index contributed by atoms with van der Waals surface area (Å²) in [5.41, 5.74) is -0.741. The van der Waals surface area contributed by atoms with E-state index in [1.807, 2.05) is 21.0 Å². The second-order valence-electron chi connectivity index (χ2n) is 5.16. The van der Waals surface area contributed by atoms with Crippen LogP contribution in [0.4, 0.5) is 5.95 Å². The van der Waals surface area contributed by atoms with Gasteiger partial charge in [0.05, 0.1) is 6.61 Å². The first-order valence-electron chi connectivity index (χ1n) is 6.79. The van der Waals surface area contributed by atoms with Crippen LogP contribution in [0, 0.1) is 0 Å². The third-order valence-electron chi connectivity index (χ3n) is 3.60. The fourth-order valence-electron chi connectivity index (χ4n) is 2.52. The van der Waals surface area contributed by atoms with Crippen LogP contribution in [0.25, 0.3) is 0 Å². The van der Waals surface area contributed by atoms with Crippen LogP contribution in [-0.4, -0.2) is 36.8 Å². The van der Waals surface area contributed by atoms with E-state index in [1.165, 1.54) is 0 Å². The molecule has 19 heavy (non-hydrogen) atoms. The summed E-state index contributed by atoms with van der Waals surface area (Å²) >= 11 is 0. The minimum Gasteiger partial charge on any atom is -0.465 e. The number of esters is 1. The maximum absolute atomic E-state index is 12.3. The Kier molecular flexibility index (Phi) is 4.07. The molecule has 0 atom stereocenters. The van der Waals surface area contributed by atoms with Crippen molar-refractivity contribution in [3.05, 3.63) is 5.89 Å². The van der Waals surface area contributed by atoms with Gasteiger partial charge in [0, 0.05) is 14.1 Å². The normalized spacial score (nSPS) is 18.1. The molecule has 0 saturated heterocycles. The van der Waals surface area contributed by atoms with Gasteiger partial charge in [0.1, 0.15) is 5.41 Å². The summed E-state index contributed by atoms with van der Waals surface area (Å²) in [6.07, 6.45) is 4.55. The highest BCUT2D eigenvalue weighted by Gasteiger charge is 2.47. The molecule has 1 fully saturated rings. The Bertz CT molecular complexity index is 436. The smallest absolute Gasteiger partial charge is 0.321 e. The van der Waals surface area contributed by atoms with Crippen molar-refractivity contribution in [2.45, 2.75) is 44.4 Å². The van der Waals surface area contributed by atoms with Gasteiger partial charge in [-0.15, -0.1) is 0 Å². The lowest BCUT2D eigenvalue weighted by atomic mass is 9.74. The molecule has 1 aromatic rings. The van der Waals surface area contributed by atoms with Crippen LogP contribution in [0.5, 0.6) is 0 Å². The second kappa shape index (κ2) is 5.59. The topological polar surface area (TPSA) is 68.5 Å². The molecule has 6 heteroatoms. The van der Waals surface area contributed by atoms with E-state index in [-0.39, 0.29) is 5.97 Å². The van der Waals surface area contributed by atoms with E-state index in [0.29, 0.717) is 18.4 Å². The van der Waals surface area contributed by atoms with E-state index >= 15 is 0 Å². The van der Waals surface area contributed by atoms with E-state index in [1.54, 1.807) is 4.90 Å². The van der Waals surface area contributed by atoms with Crippen LogP contribution in [0.3, 0.4) is 0 Å². The first kappa shape index (κ1) is 13.8. The van der Waals surface area contributed by atoms with Crippen molar-refractivity contribution in [3.63, 3.8) is 0 Å². The molecule has 0 unspecified atom stereocenters. The lowest BCUT2D eigenvalue weighted by Gasteiger charge is -2.31. The Morgan fingerprint density at radius 1 is 1.37 bits per heavy atom. The van der Waals surface area contributed by atoms with Crippen molar-refractivity contribution < 1.29 is 14.1 Å². The Labute approximate surface area is 113 Å². The van der Waals surface area contributed by atoms with Crippen LogP contribution in [0.15, 0.2) is 4.52 Å². The number of hydrogen-bond acceptors (Lipinski definition) is 6. The molecule has 1 heterocycles. The van der Waals surface area contributed by atoms with Crippen molar-refractivity contribution >= 4 is 11.9 Å². The van der Waals surface area contributed by atoms with Gasteiger partial charge in [-0.1, -0.05) is 19.3 Å². The molecule has 1 saturated carbocycles. The molecule has 1 aliphatic rings. The Balaban J connectivity index is 2.33. The Morgan fingerprint density at radius 3 is 2.58 bits per heavy atom. The molecule has 0 N–H and O–H groups in total. The highest BCUT2D eigenvalue weighted by molar-refractivity contribution is 5.82. The molecule has 0 amide bonds. The molecule has 0 spiro atoms. The number of nitrogens with zero attached hydrogens (tertiary/aromatic N) is 3. The van der Waals surface area contributed by atoms with Crippen LogP contribution < -0.4 is 4.90 Å². The zero-order valence-corrected chi connectivity index (χ0v) is 11.8. The first-order valence-corrected chi connectivity index (χ1v) is 6.79. The zero-order chi connectivity index (χ0) is 13.9. The number of carbonyl (C=O) groups excluding carboxylic acids is 1. The fraction of sp³-hybridized carbons (Fsp3) is 0.769. The predicted molar refractivity (Wildman–Crippen MR) is 70.0 cm³/mol. The molecule has 2 rings (SSSR count). The van der Waals surface area contributed by atoms with Gasteiger partial charge in [-0.3, -0.25) is 4.79 Å². The average molecular weight is 267 g/mol. The number of aromatic nitrogens is 2. The number of carbonyl (C=O) groups is 1. The summed E-state index contributed by atoms with van der Waals surface area (Å²) in [4.78, 5) is 18.5. The third-order valence-corrected chi connectivity index (χ3v) is 3.60. The molecule has 0 aromatic carbocycles. The predicted octanol–water partition coefficient (Wildman–Crippen LogP) is 1.90. The van der Waals surface area contributed by atoms with Crippen LogP contribution >= 0.6 is 0 Å².